The summed E-state index contributed by atoms with van der Waals surface area (Å²) >= 11 is 6.02. The van der Waals surface area contributed by atoms with E-state index >= 15 is 0 Å². The van der Waals surface area contributed by atoms with E-state index in [-0.39, 0.29) is 11.9 Å². The number of ether oxygens (including phenoxy) is 1. The molecule has 6 heteroatoms. The highest BCUT2D eigenvalue weighted by atomic mass is 35.5. The van der Waals surface area contributed by atoms with Gasteiger partial charge in [-0.2, -0.15) is 0 Å². The molecule has 1 N–H and O–H groups in total. The molecule has 0 aliphatic heterocycles. The van der Waals surface area contributed by atoms with Crippen molar-refractivity contribution in [1.29, 1.82) is 0 Å². The molecule has 4 nitrogen and oxygen atoms in total. The molecule has 30 heavy (non-hydrogen) atoms. The Kier molecular flexibility index (Phi) is 4.51. The van der Waals surface area contributed by atoms with Gasteiger partial charge in [0.05, 0.1) is 16.6 Å². The monoisotopic (exact) mass is 421 g/mol. The molecule has 0 saturated heterocycles. The Morgan fingerprint density at radius 2 is 1.87 bits per heavy atom. The molecule has 4 aromatic rings. The van der Waals surface area contributed by atoms with Crippen molar-refractivity contribution < 1.29 is 9.13 Å². The Morgan fingerprint density at radius 3 is 2.57 bits per heavy atom. The van der Waals surface area contributed by atoms with E-state index in [9.17, 15) is 4.39 Å². The van der Waals surface area contributed by atoms with E-state index in [4.69, 9.17) is 16.3 Å². The van der Waals surface area contributed by atoms with Crippen LogP contribution in [0.15, 0.2) is 54.7 Å². The second kappa shape index (κ2) is 7.10. The Bertz CT molecular complexity index is 1230. The molecule has 0 amide bonds. The van der Waals surface area contributed by atoms with Gasteiger partial charge in [-0.3, -0.25) is 0 Å². The van der Waals surface area contributed by atoms with Crippen LogP contribution in [0.25, 0.3) is 33.5 Å². The largest absolute Gasteiger partial charge is 0.474 e. The number of hydrogen-bond donors (Lipinski definition) is 1. The summed E-state index contributed by atoms with van der Waals surface area (Å²) in [6.07, 6.45) is 4.03. The molecule has 0 unspecified atom stereocenters. The standard InChI is InChI=1S/C24H21ClFN3O/c1-24(2)11-17(12-24)30-22-8-4-15(13-27-22)14-3-6-18(19(26)9-14)23-28-20-7-5-16(25)10-21(20)29-23/h3-10,13,17H,11-12H2,1-2H3,(H,28,29). The van der Waals surface area contributed by atoms with E-state index in [1.165, 1.54) is 6.07 Å². The molecule has 0 radical (unpaired) electrons. The minimum Gasteiger partial charge on any atom is -0.474 e. The zero-order valence-electron chi connectivity index (χ0n) is 16.7. The number of imidazole rings is 1. The van der Waals surface area contributed by atoms with Crippen molar-refractivity contribution in [3.8, 4) is 28.4 Å². The Balaban J connectivity index is 1.36. The summed E-state index contributed by atoms with van der Waals surface area (Å²) in [7, 11) is 0. The molecule has 0 atom stereocenters. The fourth-order valence-corrected chi connectivity index (χ4v) is 4.22. The van der Waals surface area contributed by atoms with E-state index < -0.39 is 0 Å². The zero-order valence-corrected chi connectivity index (χ0v) is 17.5. The van der Waals surface area contributed by atoms with Crippen LogP contribution >= 0.6 is 11.6 Å². The lowest BCUT2D eigenvalue weighted by Crippen LogP contribution is -2.40. The van der Waals surface area contributed by atoms with Crippen molar-refractivity contribution in [3.63, 3.8) is 0 Å². The van der Waals surface area contributed by atoms with Crippen molar-refractivity contribution in [2.24, 2.45) is 5.41 Å². The van der Waals surface area contributed by atoms with Crippen molar-refractivity contribution in [2.45, 2.75) is 32.8 Å². The van der Waals surface area contributed by atoms with Crippen LogP contribution in [0.1, 0.15) is 26.7 Å². The normalized spacial score (nSPS) is 15.9. The highest BCUT2D eigenvalue weighted by molar-refractivity contribution is 6.31. The number of hydrogen-bond acceptors (Lipinski definition) is 3. The number of halogens is 2. The van der Waals surface area contributed by atoms with Crippen molar-refractivity contribution in [3.05, 3.63) is 65.6 Å². The van der Waals surface area contributed by atoms with Gasteiger partial charge in [-0.05, 0) is 60.2 Å². The first-order chi connectivity index (χ1) is 14.4. The SMILES string of the molecule is CC1(C)CC(Oc2ccc(-c3ccc(-c4nc5ccc(Cl)cc5[nH]4)c(F)c3)cn2)C1. The molecule has 0 spiro atoms. The average molecular weight is 422 g/mol. The van der Waals surface area contributed by atoms with Gasteiger partial charge in [0.25, 0.3) is 0 Å². The van der Waals surface area contributed by atoms with E-state index in [1.807, 2.05) is 24.3 Å². The lowest BCUT2D eigenvalue weighted by atomic mass is 9.70. The number of rotatable bonds is 4. The number of aromatic nitrogens is 3. The van der Waals surface area contributed by atoms with Crippen LogP contribution in [0, 0.1) is 11.2 Å². The van der Waals surface area contributed by atoms with Crippen LogP contribution in [0.2, 0.25) is 5.02 Å². The summed E-state index contributed by atoms with van der Waals surface area (Å²) < 4.78 is 20.8. The fraction of sp³-hybridized carbons (Fsp3) is 0.250. The first-order valence-corrected chi connectivity index (χ1v) is 10.3. The highest BCUT2D eigenvalue weighted by Gasteiger charge is 2.37. The molecule has 1 saturated carbocycles. The maximum absolute atomic E-state index is 14.9. The second-order valence-corrected chi connectivity index (χ2v) is 9.08. The summed E-state index contributed by atoms with van der Waals surface area (Å²) in [5, 5.41) is 0.606. The maximum atomic E-state index is 14.9. The molecule has 0 bridgehead atoms. The molecule has 5 rings (SSSR count). The van der Waals surface area contributed by atoms with Gasteiger partial charge in [-0.1, -0.05) is 31.5 Å². The molecule has 2 heterocycles. The smallest absolute Gasteiger partial charge is 0.213 e. The molecule has 1 fully saturated rings. The Hall–Kier alpha value is -2.92. The lowest BCUT2D eigenvalue weighted by molar-refractivity contribution is 0.00768. The maximum Gasteiger partial charge on any atom is 0.213 e. The molecule has 152 valence electrons. The van der Waals surface area contributed by atoms with Crippen molar-refractivity contribution >= 4 is 22.6 Å². The minimum absolute atomic E-state index is 0.230. The molecule has 2 aromatic carbocycles. The Morgan fingerprint density at radius 1 is 1.07 bits per heavy atom. The number of aromatic amines is 1. The van der Waals surface area contributed by atoms with Crippen LogP contribution in [-0.2, 0) is 0 Å². The van der Waals surface area contributed by atoms with Crippen LogP contribution in [-0.4, -0.2) is 21.1 Å². The quantitative estimate of drug-likeness (QED) is 0.401. The number of nitrogens with zero attached hydrogens (tertiary/aromatic N) is 2. The summed E-state index contributed by atoms with van der Waals surface area (Å²) in [5.41, 5.74) is 3.86. The number of nitrogens with one attached hydrogen (secondary N) is 1. The molecular formula is C24H21ClFN3O. The van der Waals surface area contributed by atoms with Crippen LogP contribution in [0.4, 0.5) is 4.39 Å². The van der Waals surface area contributed by atoms with Gasteiger partial charge in [-0.15, -0.1) is 0 Å². The molecule has 2 aromatic heterocycles. The number of benzene rings is 2. The molecule has 1 aliphatic carbocycles. The van der Waals surface area contributed by atoms with Crippen molar-refractivity contribution in [2.75, 3.05) is 0 Å². The van der Waals surface area contributed by atoms with Crippen molar-refractivity contribution in [1.82, 2.24) is 15.0 Å². The fourth-order valence-electron chi connectivity index (χ4n) is 4.04. The van der Waals surface area contributed by atoms with Gasteiger partial charge in [-0.25, -0.2) is 14.4 Å². The van der Waals surface area contributed by atoms with Crippen LogP contribution in [0.5, 0.6) is 5.88 Å². The lowest BCUT2D eigenvalue weighted by Gasteiger charge is -2.41. The van der Waals surface area contributed by atoms with E-state index in [1.54, 1.807) is 24.4 Å². The van der Waals surface area contributed by atoms with E-state index in [0.717, 1.165) is 35.0 Å². The minimum atomic E-state index is -0.352. The third-order valence-corrected chi connectivity index (χ3v) is 5.82. The van der Waals surface area contributed by atoms with Gasteiger partial charge in [0.2, 0.25) is 5.88 Å². The molecular weight excluding hydrogens is 401 g/mol. The first-order valence-electron chi connectivity index (χ1n) is 9.95. The molecule has 1 aliphatic rings. The summed E-state index contributed by atoms with van der Waals surface area (Å²) in [6, 6.07) is 14.2. The predicted octanol–water partition coefficient (Wildman–Crippen LogP) is 6.65. The Labute approximate surface area is 179 Å². The first kappa shape index (κ1) is 19.1. The number of H-pyrrole nitrogens is 1. The average Bonchev–Trinajstić information content (AvgIpc) is 3.10. The zero-order chi connectivity index (χ0) is 20.9. The predicted molar refractivity (Wildman–Crippen MR) is 117 cm³/mol. The number of pyridine rings is 1. The van der Waals surface area contributed by atoms with E-state index in [2.05, 4.69) is 28.8 Å². The summed E-state index contributed by atoms with van der Waals surface area (Å²) in [6.45, 7) is 4.48. The van der Waals surface area contributed by atoms with Gasteiger partial charge in [0.15, 0.2) is 0 Å². The summed E-state index contributed by atoms with van der Waals surface area (Å²) in [4.78, 5) is 12.0. The van der Waals surface area contributed by atoms with Gasteiger partial charge in [0.1, 0.15) is 17.7 Å². The highest BCUT2D eigenvalue weighted by Crippen LogP contribution is 2.41. The topological polar surface area (TPSA) is 50.8 Å². The van der Waals surface area contributed by atoms with Gasteiger partial charge < -0.3 is 9.72 Å². The third kappa shape index (κ3) is 3.65. The van der Waals surface area contributed by atoms with E-state index in [0.29, 0.717) is 27.7 Å². The number of fused-ring (bicyclic) bond motifs is 1. The van der Waals surface area contributed by atoms with Crippen LogP contribution < -0.4 is 4.74 Å². The van der Waals surface area contributed by atoms with Crippen LogP contribution in [0.3, 0.4) is 0 Å². The second-order valence-electron chi connectivity index (χ2n) is 8.64. The third-order valence-electron chi connectivity index (χ3n) is 5.59. The van der Waals surface area contributed by atoms with Gasteiger partial charge in [0, 0.05) is 22.8 Å². The summed E-state index contributed by atoms with van der Waals surface area (Å²) in [5.74, 6) is 0.730. The van der Waals surface area contributed by atoms with Gasteiger partial charge >= 0.3 is 0 Å².